The smallest absolute Gasteiger partial charge is 0.225 e. The number of ether oxygens (including phenoxy) is 2. The van der Waals surface area contributed by atoms with Gasteiger partial charge in [-0.2, -0.15) is 0 Å². The fourth-order valence-electron chi connectivity index (χ4n) is 3.79. The minimum atomic E-state index is 0. The van der Waals surface area contributed by atoms with Crippen molar-refractivity contribution in [3.05, 3.63) is 35.9 Å². The third-order valence-corrected chi connectivity index (χ3v) is 5.41. The van der Waals surface area contributed by atoms with E-state index in [1.165, 1.54) is 5.56 Å². The molecule has 30 heavy (non-hydrogen) atoms. The number of carbonyl (C=O) groups is 1. The molecule has 2 saturated heterocycles. The summed E-state index contributed by atoms with van der Waals surface area (Å²) in [7, 11) is 0. The van der Waals surface area contributed by atoms with E-state index in [0.29, 0.717) is 38.9 Å². The molecule has 0 unspecified atom stereocenters. The van der Waals surface area contributed by atoms with Crippen LogP contribution in [-0.4, -0.2) is 80.8 Å². The van der Waals surface area contributed by atoms with Crippen molar-refractivity contribution in [1.82, 2.24) is 15.1 Å². The molecule has 2 aliphatic rings. The Balaban J connectivity index is 0.00000320. The number of morpholine rings is 1. The molecule has 1 aromatic carbocycles. The Morgan fingerprint density at radius 3 is 2.50 bits per heavy atom. The van der Waals surface area contributed by atoms with Crippen LogP contribution in [0.3, 0.4) is 0 Å². The fourth-order valence-corrected chi connectivity index (χ4v) is 3.79. The molecule has 0 aliphatic carbocycles. The van der Waals surface area contributed by atoms with Crippen LogP contribution in [0.2, 0.25) is 0 Å². The summed E-state index contributed by atoms with van der Waals surface area (Å²) in [6.45, 7) is 9.24. The van der Waals surface area contributed by atoms with Crippen LogP contribution in [0.1, 0.15) is 25.3 Å². The number of nitrogens with zero attached hydrogens (tertiary/aromatic N) is 3. The average molecular weight is 530 g/mol. The first-order valence-corrected chi connectivity index (χ1v) is 10.8. The Kier molecular flexibility index (Phi) is 11.5. The van der Waals surface area contributed by atoms with Gasteiger partial charge in [-0.25, -0.2) is 0 Å². The fraction of sp³-hybridized carbons (Fsp3) is 0.636. The summed E-state index contributed by atoms with van der Waals surface area (Å²) < 4.78 is 11.1. The third-order valence-electron chi connectivity index (χ3n) is 5.41. The molecule has 8 heteroatoms. The van der Waals surface area contributed by atoms with Crippen molar-refractivity contribution in [3.8, 4) is 0 Å². The number of hydrogen-bond donors (Lipinski definition) is 1. The van der Waals surface area contributed by atoms with Crippen LogP contribution < -0.4 is 5.32 Å². The highest BCUT2D eigenvalue weighted by Crippen LogP contribution is 2.20. The van der Waals surface area contributed by atoms with Gasteiger partial charge in [0.2, 0.25) is 5.91 Å². The van der Waals surface area contributed by atoms with Gasteiger partial charge in [-0.1, -0.05) is 30.3 Å². The van der Waals surface area contributed by atoms with E-state index in [0.717, 1.165) is 51.5 Å². The van der Waals surface area contributed by atoms with Crippen LogP contribution in [0.15, 0.2) is 35.3 Å². The van der Waals surface area contributed by atoms with Crippen LogP contribution in [0.5, 0.6) is 0 Å². The maximum Gasteiger partial charge on any atom is 0.225 e. The lowest BCUT2D eigenvalue weighted by Gasteiger charge is -2.36. The summed E-state index contributed by atoms with van der Waals surface area (Å²) in [6.07, 6.45) is 1.76. The molecule has 3 rings (SSSR count). The average Bonchev–Trinajstić information content (AvgIpc) is 2.79. The lowest BCUT2D eigenvalue weighted by Crippen LogP contribution is -2.50. The van der Waals surface area contributed by atoms with E-state index >= 15 is 0 Å². The number of aliphatic imine (C=N–C) groups is 1. The molecular weight excluding hydrogens is 495 g/mol. The molecule has 0 saturated carbocycles. The van der Waals surface area contributed by atoms with Crippen molar-refractivity contribution in [1.29, 1.82) is 0 Å². The van der Waals surface area contributed by atoms with Gasteiger partial charge in [0.15, 0.2) is 5.96 Å². The minimum Gasteiger partial charge on any atom is -0.378 e. The number of carbonyl (C=O) groups excluding carboxylic acids is 1. The van der Waals surface area contributed by atoms with E-state index < -0.39 is 0 Å². The molecule has 1 aromatic rings. The number of likely N-dealkylation sites (tertiary alicyclic amines) is 1. The van der Waals surface area contributed by atoms with E-state index in [1.807, 2.05) is 23.1 Å². The Morgan fingerprint density at radius 2 is 1.83 bits per heavy atom. The number of guanidine groups is 1. The topological polar surface area (TPSA) is 66.4 Å². The molecule has 7 nitrogen and oxygen atoms in total. The van der Waals surface area contributed by atoms with Crippen LogP contribution in [0.25, 0.3) is 0 Å². The van der Waals surface area contributed by atoms with E-state index in [2.05, 4.69) is 29.3 Å². The molecule has 0 spiro atoms. The van der Waals surface area contributed by atoms with Crippen molar-refractivity contribution < 1.29 is 14.3 Å². The standard InChI is InChI=1S/C22H34N4O3.HI/c1-2-23-22(24-10-15-29-18-19-6-4-3-5-7-19)26-11-8-20(9-12-26)21(27)25-13-16-28-17-14-25;/h3-7,20H,2,8-18H2,1H3,(H,23,24);1H. The molecule has 0 aromatic heterocycles. The van der Waals surface area contributed by atoms with Crippen LogP contribution in [-0.2, 0) is 20.9 Å². The number of halogens is 1. The maximum absolute atomic E-state index is 12.7. The minimum absolute atomic E-state index is 0. The van der Waals surface area contributed by atoms with Crippen molar-refractivity contribution in [2.75, 3.05) is 59.1 Å². The number of piperidine rings is 1. The third kappa shape index (κ3) is 7.70. The van der Waals surface area contributed by atoms with E-state index in [1.54, 1.807) is 0 Å². The summed E-state index contributed by atoms with van der Waals surface area (Å²) in [4.78, 5) is 21.7. The number of nitrogens with one attached hydrogen (secondary N) is 1. The van der Waals surface area contributed by atoms with Gasteiger partial charge in [-0.3, -0.25) is 9.79 Å². The molecule has 168 valence electrons. The monoisotopic (exact) mass is 530 g/mol. The van der Waals surface area contributed by atoms with Gasteiger partial charge in [0.25, 0.3) is 0 Å². The second kappa shape index (κ2) is 13.8. The molecule has 0 atom stereocenters. The molecule has 1 amide bonds. The number of amides is 1. The SMILES string of the molecule is CCNC(=NCCOCc1ccccc1)N1CCC(C(=O)N2CCOCC2)CC1.I. The normalized spacial score (nSPS) is 18.1. The summed E-state index contributed by atoms with van der Waals surface area (Å²) >= 11 is 0. The Hall–Kier alpha value is -1.39. The lowest BCUT2D eigenvalue weighted by molar-refractivity contribution is -0.140. The van der Waals surface area contributed by atoms with Crippen molar-refractivity contribution >= 4 is 35.8 Å². The van der Waals surface area contributed by atoms with E-state index in [9.17, 15) is 4.79 Å². The lowest BCUT2D eigenvalue weighted by atomic mass is 9.95. The van der Waals surface area contributed by atoms with Gasteiger partial charge in [0, 0.05) is 38.6 Å². The van der Waals surface area contributed by atoms with Crippen LogP contribution >= 0.6 is 24.0 Å². The van der Waals surface area contributed by atoms with E-state index in [4.69, 9.17) is 14.5 Å². The van der Waals surface area contributed by atoms with Gasteiger partial charge in [-0.05, 0) is 25.3 Å². The highest BCUT2D eigenvalue weighted by molar-refractivity contribution is 14.0. The first-order valence-electron chi connectivity index (χ1n) is 10.8. The predicted molar refractivity (Wildman–Crippen MR) is 129 cm³/mol. The zero-order valence-electron chi connectivity index (χ0n) is 17.9. The largest absolute Gasteiger partial charge is 0.378 e. The molecule has 2 aliphatic heterocycles. The molecule has 2 heterocycles. The highest BCUT2D eigenvalue weighted by Gasteiger charge is 2.30. The molecule has 0 bridgehead atoms. The second-order valence-electron chi connectivity index (χ2n) is 7.47. The van der Waals surface area contributed by atoms with Crippen molar-refractivity contribution in [2.45, 2.75) is 26.4 Å². The van der Waals surface area contributed by atoms with Crippen LogP contribution in [0, 0.1) is 5.92 Å². The van der Waals surface area contributed by atoms with Gasteiger partial charge in [0.1, 0.15) is 0 Å². The molecular formula is C22H35IN4O3. The number of rotatable bonds is 7. The Labute approximate surface area is 197 Å². The van der Waals surface area contributed by atoms with Gasteiger partial charge in [-0.15, -0.1) is 24.0 Å². The summed E-state index contributed by atoms with van der Waals surface area (Å²) in [5.41, 5.74) is 1.18. The zero-order chi connectivity index (χ0) is 20.3. The molecule has 0 radical (unpaired) electrons. The Bertz CT molecular complexity index is 645. The molecule has 1 N–H and O–H groups in total. The number of hydrogen-bond acceptors (Lipinski definition) is 4. The van der Waals surface area contributed by atoms with Gasteiger partial charge in [0.05, 0.1) is 33.0 Å². The first kappa shape index (κ1) is 24.9. The Morgan fingerprint density at radius 1 is 1.13 bits per heavy atom. The second-order valence-corrected chi connectivity index (χ2v) is 7.47. The number of benzene rings is 1. The maximum atomic E-state index is 12.7. The van der Waals surface area contributed by atoms with Crippen LogP contribution in [0.4, 0.5) is 0 Å². The van der Waals surface area contributed by atoms with E-state index in [-0.39, 0.29) is 29.9 Å². The van der Waals surface area contributed by atoms with Crippen molar-refractivity contribution in [3.63, 3.8) is 0 Å². The predicted octanol–water partition coefficient (Wildman–Crippen LogP) is 2.36. The summed E-state index contributed by atoms with van der Waals surface area (Å²) in [6, 6.07) is 10.2. The molecule has 2 fully saturated rings. The highest BCUT2D eigenvalue weighted by atomic mass is 127. The quantitative estimate of drug-likeness (QED) is 0.254. The van der Waals surface area contributed by atoms with Crippen molar-refractivity contribution in [2.24, 2.45) is 10.9 Å². The first-order chi connectivity index (χ1) is 14.3. The van der Waals surface area contributed by atoms with Gasteiger partial charge >= 0.3 is 0 Å². The summed E-state index contributed by atoms with van der Waals surface area (Å²) in [5, 5.41) is 3.38. The van der Waals surface area contributed by atoms with Gasteiger partial charge < -0.3 is 24.6 Å². The zero-order valence-corrected chi connectivity index (χ0v) is 20.3. The summed E-state index contributed by atoms with van der Waals surface area (Å²) in [5.74, 6) is 1.35.